The molecule has 29 heavy (non-hydrogen) atoms. The van der Waals surface area contributed by atoms with E-state index in [-0.39, 0.29) is 12.5 Å². The summed E-state index contributed by atoms with van der Waals surface area (Å²) in [5.41, 5.74) is 1.30. The van der Waals surface area contributed by atoms with Gasteiger partial charge in [0.15, 0.2) is 6.61 Å². The van der Waals surface area contributed by atoms with Gasteiger partial charge in [0.05, 0.1) is 19.9 Å². The summed E-state index contributed by atoms with van der Waals surface area (Å²) in [5, 5.41) is 10.8. The van der Waals surface area contributed by atoms with E-state index in [4.69, 9.17) is 18.6 Å². The van der Waals surface area contributed by atoms with Crippen molar-refractivity contribution in [2.75, 3.05) is 26.1 Å². The molecule has 1 amide bonds. The highest BCUT2D eigenvalue weighted by Gasteiger charge is 2.11. The van der Waals surface area contributed by atoms with Gasteiger partial charge in [-0.15, -0.1) is 10.2 Å². The first kappa shape index (κ1) is 20.2. The molecule has 0 aliphatic rings. The van der Waals surface area contributed by atoms with Crippen molar-refractivity contribution in [1.82, 2.24) is 10.2 Å². The normalized spacial score (nSPS) is 10.4. The summed E-state index contributed by atoms with van der Waals surface area (Å²) in [6, 6.07) is 12.3. The third-order valence-corrected chi connectivity index (χ3v) is 4.08. The number of anilines is 1. The molecule has 0 spiro atoms. The summed E-state index contributed by atoms with van der Waals surface area (Å²) in [5.74, 6) is 2.46. The number of benzene rings is 2. The van der Waals surface area contributed by atoms with Crippen LogP contribution in [0.2, 0.25) is 0 Å². The monoisotopic (exact) mass is 397 g/mol. The topological polar surface area (TPSA) is 95.7 Å². The first-order chi connectivity index (χ1) is 14.1. The van der Waals surface area contributed by atoms with Crippen molar-refractivity contribution in [1.29, 1.82) is 0 Å². The summed E-state index contributed by atoms with van der Waals surface area (Å²) >= 11 is 0. The van der Waals surface area contributed by atoms with Crippen LogP contribution < -0.4 is 19.5 Å². The Hall–Kier alpha value is -3.55. The fourth-order valence-electron chi connectivity index (χ4n) is 2.63. The maximum Gasteiger partial charge on any atom is 0.262 e. The van der Waals surface area contributed by atoms with Crippen molar-refractivity contribution < 1.29 is 23.4 Å². The lowest BCUT2D eigenvalue weighted by Crippen LogP contribution is -2.20. The molecule has 1 aromatic heterocycles. The van der Waals surface area contributed by atoms with Crippen LogP contribution in [0.1, 0.15) is 19.2 Å². The number of aryl methyl sites for hydroxylation is 1. The molecular weight excluding hydrogens is 374 g/mol. The van der Waals surface area contributed by atoms with Crippen LogP contribution in [-0.2, 0) is 11.2 Å². The maximum atomic E-state index is 12.2. The standard InChI is InChI=1S/C21H23N3O5/c1-4-5-20-23-24-21(29-20)14-6-8-15(9-7-14)28-13-19(25)22-17-12-16(26-2)10-11-18(17)27-3/h6-12H,4-5,13H2,1-3H3,(H,22,25). The summed E-state index contributed by atoms with van der Waals surface area (Å²) in [4.78, 5) is 12.2. The van der Waals surface area contributed by atoms with Crippen molar-refractivity contribution in [3.8, 4) is 28.7 Å². The van der Waals surface area contributed by atoms with Crippen LogP contribution in [0.5, 0.6) is 17.2 Å². The van der Waals surface area contributed by atoms with Crippen LogP contribution in [0, 0.1) is 0 Å². The predicted octanol–water partition coefficient (Wildman–Crippen LogP) is 3.72. The van der Waals surface area contributed by atoms with Crippen molar-refractivity contribution in [3.63, 3.8) is 0 Å². The molecule has 1 N–H and O–H groups in total. The summed E-state index contributed by atoms with van der Waals surface area (Å²) < 4.78 is 21.6. The number of nitrogens with one attached hydrogen (secondary N) is 1. The van der Waals surface area contributed by atoms with Gasteiger partial charge in [-0.3, -0.25) is 4.79 Å². The van der Waals surface area contributed by atoms with E-state index in [2.05, 4.69) is 22.4 Å². The second-order valence-electron chi connectivity index (χ2n) is 6.18. The third kappa shape index (κ3) is 5.25. The molecule has 0 saturated carbocycles. The Labute approximate surface area is 168 Å². The zero-order valence-electron chi connectivity index (χ0n) is 16.6. The fraction of sp³-hybridized carbons (Fsp3) is 0.286. The number of aromatic nitrogens is 2. The highest BCUT2D eigenvalue weighted by molar-refractivity contribution is 5.93. The lowest BCUT2D eigenvalue weighted by Gasteiger charge is -2.12. The maximum absolute atomic E-state index is 12.2. The summed E-state index contributed by atoms with van der Waals surface area (Å²) in [6.07, 6.45) is 1.69. The SMILES string of the molecule is CCCc1nnc(-c2ccc(OCC(=O)Nc3cc(OC)ccc3OC)cc2)o1. The summed E-state index contributed by atoms with van der Waals surface area (Å²) in [7, 11) is 3.09. The average molecular weight is 397 g/mol. The predicted molar refractivity (Wildman–Crippen MR) is 107 cm³/mol. The van der Waals surface area contributed by atoms with E-state index in [0.29, 0.717) is 34.7 Å². The quantitative estimate of drug-likeness (QED) is 0.588. The molecule has 0 saturated heterocycles. The Bertz CT molecular complexity index is 953. The number of rotatable bonds is 9. The first-order valence-electron chi connectivity index (χ1n) is 9.20. The lowest BCUT2D eigenvalue weighted by molar-refractivity contribution is -0.118. The van der Waals surface area contributed by atoms with Crippen molar-refractivity contribution in [2.45, 2.75) is 19.8 Å². The fourth-order valence-corrected chi connectivity index (χ4v) is 2.63. The highest BCUT2D eigenvalue weighted by atomic mass is 16.5. The molecule has 0 radical (unpaired) electrons. The number of carbonyl (C=O) groups is 1. The Morgan fingerprint density at radius 2 is 1.79 bits per heavy atom. The van der Waals surface area contributed by atoms with Gasteiger partial charge >= 0.3 is 0 Å². The smallest absolute Gasteiger partial charge is 0.262 e. The van der Waals surface area contributed by atoms with E-state index in [9.17, 15) is 4.79 Å². The number of carbonyl (C=O) groups excluding carboxylic acids is 1. The summed E-state index contributed by atoms with van der Waals surface area (Å²) in [6.45, 7) is 1.90. The molecule has 3 aromatic rings. The van der Waals surface area contributed by atoms with Gasteiger partial charge in [-0.05, 0) is 42.8 Å². The number of hydrogen-bond donors (Lipinski definition) is 1. The van der Waals surface area contributed by atoms with E-state index in [1.165, 1.54) is 7.11 Å². The van der Waals surface area contributed by atoms with E-state index in [1.807, 2.05) is 12.1 Å². The molecule has 8 heteroatoms. The van der Waals surface area contributed by atoms with Gasteiger partial charge < -0.3 is 23.9 Å². The van der Waals surface area contributed by atoms with E-state index in [1.54, 1.807) is 37.4 Å². The second kappa shape index (κ2) is 9.59. The number of amides is 1. The zero-order valence-corrected chi connectivity index (χ0v) is 16.6. The Morgan fingerprint density at radius 3 is 2.48 bits per heavy atom. The van der Waals surface area contributed by atoms with Crippen molar-refractivity contribution in [2.24, 2.45) is 0 Å². The minimum atomic E-state index is -0.318. The molecule has 0 fully saturated rings. The van der Waals surface area contributed by atoms with E-state index in [0.717, 1.165) is 18.4 Å². The minimum absolute atomic E-state index is 0.152. The molecule has 0 atom stereocenters. The molecule has 0 aliphatic heterocycles. The number of methoxy groups -OCH3 is 2. The van der Waals surface area contributed by atoms with Gasteiger partial charge in [-0.1, -0.05) is 6.92 Å². The molecule has 0 unspecified atom stereocenters. The zero-order chi connectivity index (χ0) is 20.6. The Kier molecular flexibility index (Phi) is 6.67. The van der Waals surface area contributed by atoms with Crippen LogP contribution in [0.3, 0.4) is 0 Å². The molecular formula is C21H23N3O5. The Morgan fingerprint density at radius 1 is 1.03 bits per heavy atom. The van der Waals surface area contributed by atoms with Crippen LogP contribution >= 0.6 is 0 Å². The number of ether oxygens (including phenoxy) is 3. The van der Waals surface area contributed by atoms with Gasteiger partial charge in [-0.25, -0.2) is 0 Å². The minimum Gasteiger partial charge on any atom is -0.497 e. The molecule has 0 aliphatic carbocycles. The lowest BCUT2D eigenvalue weighted by atomic mass is 10.2. The largest absolute Gasteiger partial charge is 0.497 e. The Balaban J connectivity index is 1.58. The van der Waals surface area contributed by atoms with Crippen LogP contribution in [0.15, 0.2) is 46.9 Å². The van der Waals surface area contributed by atoms with Crippen LogP contribution in [0.4, 0.5) is 5.69 Å². The van der Waals surface area contributed by atoms with Crippen molar-refractivity contribution >= 4 is 11.6 Å². The van der Waals surface area contributed by atoms with Crippen LogP contribution in [-0.4, -0.2) is 36.9 Å². The van der Waals surface area contributed by atoms with E-state index >= 15 is 0 Å². The van der Waals surface area contributed by atoms with Gasteiger partial charge in [-0.2, -0.15) is 0 Å². The van der Waals surface area contributed by atoms with Crippen LogP contribution in [0.25, 0.3) is 11.5 Å². The average Bonchev–Trinajstić information content (AvgIpc) is 3.21. The third-order valence-electron chi connectivity index (χ3n) is 4.08. The van der Waals surface area contributed by atoms with Gasteiger partial charge in [0.25, 0.3) is 5.91 Å². The molecule has 2 aromatic carbocycles. The molecule has 3 rings (SSSR count). The molecule has 152 valence electrons. The molecule has 0 bridgehead atoms. The van der Waals surface area contributed by atoms with Crippen molar-refractivity contribution in [3.05, 3.63) is 48.4 Å². The second-order valence-corrected chi connectivity index (χ2v) is 6.18. The number of hydrogen-bond acceptors (Lipinski definition) is 7. The van der Waals surface area contributed by atoms with Gasteiger partial charge in [0.1, 0.15) is 17.2 Å². The molecule has 8 nitrogen and oxygen atoms in total. The first-order valence-corrected chi connectivity index (χ1v) is 9.20. The highest BCUT2D eigenvalue weighted by Crippen LogP contribution is 2.29. The number of nitrogens with zero attached hydrogens (tertiary/aromatic N) is 2. The van der Waals surface area contributed by atoms with E-state index < -0.39 is 0 Å². The van der Waals surface area contributed by atoms with Gasteiger partial charge in [0.2, 0.25) is 11.8 Å². The molecule has 1 heterocycles. The van der Waals surface area contributed by atoms with Gasteiger partial charge in [0, 0.05) is 18.1 Å².